The first-order chi connectivity index (χ1) is 15.2. The predicted octanol–water partition coefficient (Wildman–Crippen LogP) is 5.82. The molecule has 1 aromatic heterocycles. The Morgan fingerprint density at radius 2 is 1.75 bits per heavy atom. The lowest BCUT2D eigenvalue weighted by Crippen LogP contribution is -2.15. The minimum absolute atomic E-state index is 0.0147. The van der Waals surface area contributed by atoms with Crippen molar-refractivity contribution in [1.29, 1.82) is 0 Å². The van der Waals surface area contributed by atoms with E-state index in [0.29, 0.717) is 22.8 Å². The van der Waals surface area contributed by atoms with Crippen molar-refractivity contribution >= 4 is 39.0 Å². The first-order valence-electron chi connectivity index (χ1n) is 10.6. The highest BCUT2D eigenvalue weighted by Gasteiger charge is 2.31. The third kappa shape index (κ3) is 4.98. The molecule has 1 saturated heterocycles. The maximum Gasteiger partial charge on any atom is 0.174 e. The smallest absolute Gasteiger partial charge is 0.174 e. The second kappa shape index (κ2) is 9.46. The summed E-state index contributed by atoms with van der Waals surface area (Å²) in [7, 11) is -2.99. The highest BCUT2D eigenvalue weighted by Crippen LogP contribution is 2.37. The van der Waals surface area contributed by atoms with E-state index in [4.69, 9.17) is 11.6 Å². The zero-order valence-electron chi connectivity index (χ0n) is 18.1. The molecule has 0 bridgehead atoms. The van der Waals surface area contributed by atoms with E-state index < -0.39 is 9.84 Å². The standard InChI is InChI=1S/C25H26ClNO3S2/c1-17-14-23(18(2)27(17)22-12-13-32(29,30)16-22)24(28)15-31-25(19-6-4-3-5-7-19)20-8-10-21(26)11-9-20/h3-11,14,22,25H,12-13,15-16H2,1-2H3. The van der Waals surface area contributed by atoms with Crippen LogP contribution in [-0.4, -0.2) is 36.0 Å². The number of rotatable bonds is 7. The van der Waals surface area contributed by atoms with Crippen molar-refractivity contribution in [2.45, 2.75) is 31.6 Å². The predicted molar refractivity (Wildman–Crippen MR) is 133 cm³/mol. The van der Waals surface area contributed by atoms with Crippen molar-refractivity contribution in [3.8, 4) is 0 Å². The fourth-order valence-electron chi connectivity index (χ4n) is 4.49. The Morgan fingerprint density at radius 3 is 2.38 bits per heavy atom. The minimum Gasteiger partial charge on any atom is -0.344 e. The summed E-state index contributed by atoms with van der Waals surface area (Å²) >= 11 is 7.67. The summed E-state index contributed by atoms with van der Waals surface area (Å²) in [6.07, 6.45) is 0.605. The third-order valence-electron chi connectivity index (χ3n) is 6.01. The molecular weight excluding hydrogens is 462 g/mol. The molecule has 0 spiro atoms. The van der Waals surface area contributed by atoms with Crippen LogP contribution < -0.4 is 0 Å². The van der Waals surface area contributed by atoms with E-state index in [0.717, 1.165) is 22.5 Å². The Morgan fingerprint density at radius 1 is 1.09 bits per heavy atom. The maximum absolute atomic E-state index is 13.2. The van der Waals surface area contributed by atoms with Crippen molar-refractivity contribution in [1.82, 2.24) is 4.57 Å². The van der Waals surface area contributed by atoms with Gasteiger partial charge in [-0.15, -0.1) is 11.8 Å². The summed E-state index contributed by atoms with van der Waals surface area (Å²) in [5, 5.41) is 0.698. The largest absolute Gasteiger partial charge is 0.344 e. The van der Waals surface area contributed by atoms with E-state index in [1.54, 1.807) is 11.8 Å². The van der Waals surface area contributed by atoms with Crippen LogP contribution in [0.3, 0.4) is 0 Å². The Labute approximate surface area is 198 Å². The minimum atomic E-state index is -2.99. The molecule has 0 aliphatic carbocycles. The summed E-state index contributed by atoms with van der Waals surface area (Å²) in [6.45, 7) is 3.87. The van der Waals surface area contributed by atoms with Crippen LogP contribution in [0.2, 0.25) is 5.02 Å². The van der Waals surface area contributed by atoms with Gasteiger partial charge in [-0.2, -0.15) is 0 Å². The van der Waals surface area contributed by atoms with Gasteiger partial charge in [0.15, 0.2) is 15.6 Å². The number of aromatic nitrogens is 1. The summed E-state index contributed by atoms with van der Waals surface area (Å²) in [5.41, 5.74) is 4.71. The number of hydrogen-bond donors (Lipinski definition) is 0. The number of carbonyl (C=O) groups excluding carboxylic acids is 1. The van der Waals surface area contributed by atoms with Gasteiger partial charge < -0.3 is 4.57 Å². The zero-order valence-corrected chi connectivity index (χ0v) is 20.5. The zero-order chi connectivity index (χ0) is 22.9. The number of nitrogens with zero attached hydrogens (tertiary/aromatic N) is 1. The molecule has 1 fully saturated rings. The topological polar surface area (TPSA) is 56.1 Å². The molecule has 4 rings (SSSR count). The van der Waals surface area contributed by atoms with Gasteiger partial charge in [0.25, 0.3) is 0 Å². The molecule has 1 aliphatic rings. The van der Waals surface area contributed by atoms with Gasteiger partial charge in [-0.3, -0.25) is 4.79 Å². The third-order valence-corrected chi connectivity index (χ3v) is 9.32. The van der Waals surface area contributed by atoms with E-state index in [9.17, 15) is 13.2 Å². The lowest BCUT2D eigenvalue weighted by molar-refractivity contribution is 0.102. The molecule has 168 valence electrons. The summed E-state index contributed by atoms with van der Waals surface area (Å²) in [4.78, 5) is 13.2. The van der Waals surface area contributed by atoms with E-state index in [-0.39, 0.29) is 28.6 Å². The van der Waals surface area contributed by atoms with Crippen LogP contribution in [-0.2, 0) is 9.84 Å². The van der Waals surface area contributed by atoms with Crippen LogP contribution in [0, 0.1) is 13.8 Å². The van der Waals surface area contributed by atoms with Gasteiger partial charge in [0.1, 0.15) is 0 Å². The first kappa shape index (κ1) is 23.1. The number of aryl methyl sites for hydroxylation is 1. The van der Waals surface area contributed by atoms with Gasteiger partial charge in [0, 0.05) is 28.0 Å². The molecule has 7 heteroatoms. The van der Waals surface area contributed by atoms with Gasteiger partial charge in [-0.1, -0.05) is 54.1 Å². The fraction of sp³-hybridized carbons (Fsp3) is 0.320. The molecule has 1 aliphatic heterocycles. The number of ketones is 1. The lowest BCUT2D eigenvalue weighted by atomic mass is 10.0. The number of carbonyl (C=O) groups is 1. The molecule has 0 saturated carbocycles. The number of Topliss-reactive ketones (excluding diaryl/α,β-unsaturated/α-hetero) is 1. The number of halogens is 1. The molecule has 0 amide bonds. The van der Waals surface area contributed by atoms with Crippen molar-refractivity contribution in [3.05, 3.63) is 93.8 Å². The quantitative estimate of drug-likeness (QED) is 0.394. The number of thioether (sulfide) groups is 1. The fourth-order valence-corrected chi connectivity index (χ4v) is 7.49. The van der Waals surface area contributed by atoms with Gasteiger partial charge in [-0.25, -0.2) is 8.42 Å². The number of sulfone groups is 1. The monoisotopic (exact) mass is 487 g/mol. The highest BCUT2D eigenvalue weighted by molar-refractivity contribution is 8.00. The van der Waals surface area contributed by atoms with Crippen LogP contribution >= 0.6 is 23.4 Å². The first-order valence-corrected chi connectivity index (χ1v) is 13.8. The number of benzene rings is 2. The second-order valence-corrected chi connectivity index (χ2v) is 12.0. The molecular formula is C25H26ClNO3S2. The molecule has 0 N–H and O–H groups in total. The van der Waals surface area contributed by atoms with Gasteiger partial charge in [0.05, 0.1) is 22.5 Å². The van der Waals surface area contributed by atoms with Crippen molar-refractivity contribution < 1.29 is 13.2 Å². The van der Waals surface area contributed by atoms with E-state index in [1.165, 1.54) is 0 Å². The van der Waals surface area contributed by atoms with Crippen LogP contribution in [0.25, 0.3) is 0 Å². The molecule has 2 unspecified atom stereocenters. The Hall–Kier alpha value is -2.02. The lowest BCUT2D eigenvalue weighted by Gasteiger charge is -2.18. The average molecular weight is 488 g/mol. The molecule has 2 aromatic carbocycles. The van der Waals surface area contributed by atoms with Crippen LogP contribution in [0.15, 0.2) is 60.7 Å². The van der Waals surface area contributed by atoms with Crippen LogP contribution in [0.1, 0.15) is 50.6 Å². The van der Waals surface area contributed by atoms with Crippen molar-refractivity contribution in [2.24, 2.45) is 0 Å². The normalized spacial score (nSPS) is 18.5. The Balaban J connectivity index is 1.55. The van der Waals surface area contributed by atoms with Crippen molar-refractivity contribution in [2.75, 3.05) is 17.3 Å². The van der Waals surface area contributed by atoms with E-state index >= 15 is 0 Å². The molecule has 4 nitrogen and oxygen atoms in total. The Kier molecular flexibility index (Phi) is 6.84. The summed E-state index contributed by atoms with van der Waals surface area (Å²) in [6, 6.07) is 19.7. The molecule has 3 aromatic rings. The van der Waals surface area contributed by atoms with Gasteiger partial charge >= 0.3 is 0 Å². The molecule has 0 radical (unpaired) electrons. The molecule has 2 atom stereocenters. The van der Waals surface area contributed by atoms with Crippen LogP contribution in [0.4, 0.5) is 0 Å². The van der Waals surface area contributed by atoms with Crippen LogP contribution in [0.5, 0.6) is 0 Å². The summed E-state index contributed by atoms with van der Waals surface area (Å²) in [5.74, 6) is 0.756. The van der Waals surface area contributed by atoms with Crippen molar-refractivity contribution in [3.63, 3.8) is 0 Å². The number of hydrogen-bond acceptors (Lipinski definition) is 4. The molecule has 32 heavy (non-hydrogen) atoms. The Bertz CT molecular complexity index is 1220. The maximum atomic E-state index is 13.2. The average Bonchev–Trinajstić information content (AvgIpc) is 3.27. The second-order valence-electron chi connectivity index (χ2n) is 8.29. The summed E-state index contributed by atoms with van der Waals surface area (Å²) < 4.78 is 25.9. The van der Waals surface area contributed by atoms with E-state index in [2.05, 4.69) is 12.1 Å². The highest BCUT2D eigenvalue weighted by atomic mass is 35.5. The SMILES string of the molecule is Cc1cc(C(=O)CSC(c2ccccc2)c2ccc(Cl)cc2)c(C)n1C1CCS(=O)(=O)C1. The van der Waals surface area contributed by atoms with Gasteiger partial charge in [0.2, 0.25) is 0 Å². The van der Waals surface area contributed by atoms with E-state index in [1.807, 2.05) is 66.9 Å². The molecule has 2 heterocycles. The van der Waals surface area contributed by atoms with Gasteiger partial charge in [-0.05, 0) is 49.6 Å².